The Morgan fingerprint density at radius 3 is 1.44 bits per heavy atom. The number of hydrogen-bond acceptors (Lipinski definition) is 3. The summed E-state index contributed by atoms with van der Waals surface area (Å²) >= 11 is 4.94. The first kappa shape index (κ1) is 25.9. The van der Waals surface area contributed by atoms with Gasteiger partial charge in [-0.05, 0) is 18.0 Å². The van der Waals surface area contributed by atoms with Crippen LogP contribution in [-0.2, 0) is 23.4 Å². The zero-order chi connectivity index (χ0) is 12.8. The van der Waals surface area contributed by atoms with Gasteiger partial charge in [0.25, 0.3) is 0 Å². The van der Waals surface area contributed by atoms with E-state index in [1.165, 1.54) is 0 Å². The molecule has 1 radical (unpaired) electrons. The summed E-state index contributed by atoms with van der Waals surface area (Å²) in [6.07, 6.45) is 1.35. The molecule has 0 aliphatic heterocycles. The summed E-state index contributed by atoms with van der Waals surface area (Å²) in [6.45, 7) is 1.92. The van der Waals surface area contributed by atoms with Crippen molar-refractivity contribution in [3.63, 3.8) is 0 Å². The second kappa shape index (κ2) is 21.4. The molecule has 4 nitrogen and oxygen atoms in total. The van der Waals surface area contributed by atoms with Crippen LogP contribution in [0.5, 0.6) is 0 Å². The molecule has 1 aromatic rings. The molecule has 0 bridgehead atoms. The van der Waals surface area contributed by atoms with E-state index in [1.807, 2.05) is 43.3 Å². The van der Waals surface area contributed by atoms with Crippen LogP contribution in [0, 0.1) is 17.5 Å². The van der Waals surface area contributed by atoms with Gasteiger partial charge in [0.05, 0.1) is 0 Å². The average molecular weight is 312 g/mol. The van der Waals surface area contributed by atoms with E-state index >= 15 is 0 Å². The quantitative estimate of drug-likeness (QED) is 0.363. The first-order valence-corrected chi connectivity index (χ1v) is 5.14. The first-order valence-electron chi connectivity index (χ1n) is 4.77. The van der Waals surface area contributed by atoms with Crippen molar-refractivity contribution in [2.45, 2.75) is 19.8 Å². The molecule has 0 spiro atoms. The third-order valence-corrected chi connectivity index (χ3v) is 1.30. The van der Waals surface area contributed by atoms with Gasteiger partial charge in [-0.25, -0.2) is 0 Å². The maximum atomic E-state index is 9.81. The molecule has 103 valence electrons. The molecule has 1 aromatic carbocycles. The van der Waals surface area contributed by atoms with Gasteiger partial charge < -0.3 is 7.43 Å². The van der Waals surface area contributed by atoms with E-state index in [1.54, 1.807) is 0 Å². The van der Waals surface area contributed by atoms with E-state index in [0.717, 1.165) is 13.5 Å². The van der Waals surface area contributed by atoms with Gasteiger partial charge in [-0.3, -0.25) is 14.9 Å². The van der Waals surface area contributed by atoms with Crippen molar-refractivity contribution in [1.82, 2.24) is 0 Å². The molecule has 1 rings (SSSR count). The van der Waals surface area contributed by atoms with Crippen LogP contribution < -0.4 is 0 Å². The van der Waals surface area contributed by atoms with Crippen LogP contribution in [0.1, 0.15) is 19.8 Å². The first-order chi connectivity index (χ1) is 7.50. The number of benzene rings is 1. The van der Waals surface area contributed by atoms with Crippen molar-refractivity contribution in [2.75, 3.05) is 7.05 Å². The average Bonchev–Trinajstić information content (AvgIpc) is 2.20. The van der Waals surface area contributed by atoms with Crippen LogP contribution in [0.3, 0.4) is 0 Å². The summed E-state index contributed by atoms with van der Waals surface area (Å²) in [5.74, 6) is 0. The van der Waals surface area contributed by atoms with Gasteiger partial charge in [0.1, 0.15) is 0 Å². The third-order valence-electron chi connectivity index (χ3n) is 1.11. The van der Waals surface area contributed by atoms with Crippen molar-refractivity contribution in [2.24, 2.45) is 0 Å². The Balaban J connectivity index is -0.0000000792. The number of halogens is 1. The SMILES string of the molecule is CCCC(=O)Cl.C[N+](=O)[O-].[CH3-].[V].c1ccccc1. The zero-order valence-electron chi connectivity index (χ0n) is 10.9. The number of nitro groups is 1. The Labute approximate surface area is 126 Å². The summed E-state index contributed by atoms with van der Waals surface area (Å²) in [7, 11) is 0.889. The van der Waals surface area contributed by atoms with E-state index in [-0.39, 0.29) is 31.2 Å². The summed E-state index contributed by atoms with van der Waals surface area (Å²) in [5, 5.41) is 8.57. The van der Waals surface area contributed by atoms with E-state index in [9.17, 15) is 4.79 Å². The molecule has 0 unspecified atom stereocenters. The molecular formula is C12H19ClNO3V-. The molecule has 0 aliphatic rings. The zero-order valence-corrected chi connectivity index (χ0v) is 13.0. The van der Waals surface area contributed by atoms with Crippen LogP contribution in [0.2, 0.25) is 0 Å². The van der Waals surface area contributed by atoms with E-state index < -0.39 is 4.92 Å². The normalized spacial score (nSPS) is 6.83. The van der Waals surface area contributed by atoms with Crippen LogP contribution in [-0.4, -0.2) is 17.2 Å². The van der Waals surface area contributed by atoms with Crippen molar-refractivity contribution in [1.29, 1.82) is 0 Å². The van der Waals surface area contributed by atoms with Gasteiger partial charge in [-0.1, -0.05) is 43.3 Å². The van der Waals surface area contributed by atoms with Crippen molar-refractivity contribution in [3.05, 3.63) is 53.9 Å². The van der Waals surface area contributed by atoms with Gasteiger partial charge in [0, 0.05) is 29.9 Å². The molecule has 18 heavy (non-hydrogen) atoms. The van der Waals surface area contributed by atoms with Gasteiger partial charge in [0.15, 0.2) is 7.05 Å². The molecule has 0 amide bonds. The van der Waals surface area contributed by atoms with Gasteiger partial charge in [-0.2, -0.15) is 0 Å². The molecule has 0 saturated heterocycles. The fourth-order valence-electron chi connectivity index (χ4n) is 0.581. The number of carbonyl (C=O) groups is 1. The molecule has 6 heteroatoms. The monoisotopic (exact) mass is 311 g/mol. The van der Waals surface area contributed by atoms with Crippen LogP contribution in [0.4, 0.5) is 0 Å². The van der Waals surface area contributed by atoms with Crippen molar-refractivity contribution < 1.29 is 28.3 Å². The molecule has 0 heterocycles. The second-order valence-electron chi connectivity index (χ2n) is 2.70. The van der Waals surface area contributed by atoms with Crippen molar-refractivity contribution in [3.8, 4) is 0 Å². The number of nitrogens with zero attached hydrogens (tertiary/aromatic N) is 1. The fraction of sp³-hybridized carbons (Fsp3) is 0.333. The van der Waals surface area contributed by atoms with Gasteiger partial charge in [0.2, 0.25) is 5.24 Å². The van der Waals surface area contributed by atoms with E-state index in [0.29, 0.717) is 6.42 Å². The minimum absolute atomic E-state index is 0. The third kappa shape index (κ3) is 45.6. The summed E-state index contributed by atoms with van der Waals surface area (Å²) in [5.41, 5.74) is 0. The Bertz CT molecular complexity index is 253. The number of carbonyl (C=O) groups excluding carboxylic acids is 1. The number of hydrogen-bond donors (Lipinski definition) is 0. The minimum atomic E-state index is -0.500. The topological polar surface area (TPSA) is 60.2 Å². The summed E-state index contributed by atoms with van der Waals surface area (Å²) in [6, 6.07) is 12.0. The summed E-state index contributed by atoms with van der Waals surface area (Å²) < 4.78 is 0. The van der Waals surface area contributed by atoms with Crippen LogP contribution in [0.25, 0.3) is 0 Å². The standard InChI is InChI=1S/C6H6.C4H7ClO.CH3NO2.CH3.V/c1-2-4-6-5-3-1;1-2-3-4(5)6;1-2(3)4;;/h1-6H;2-3H2,1H3;1H3;1H3;/q;;;-1;. The Morgan fingerprint density at radius 2 is 1.39 bits per heavy atom. The van der Waals surface area contributed by atoms with Crippen molar-refractivity contribution >= 4 is 16.8 Å². The largest absolute Gasteiger partial charge is 0.358 e. The second-order valence-corrected chi connectivity index (χ2v) is 3.12. The Morgan fingerprint density at radius 1 is 1.17 bits per heavy atom. The molecule has 0 fully saturated rings. The maximum Gasteiger partial charge on any atom is 0.221 e. The predicted octanol–water partition coefficient (Wildman–Crippen LogP) is 3.58. The smallest absolute Gasteiger partial charge is 0.221 e. The van der Waals surface area contributed by atoms with Gasteiger partial charge in [-0.15, -0.1) is 0 Å². The molecule has 0 N–H and O–H groups in total. The van der Waals surface area contributed by atoms with E-state index in [4.69, 9.17) is 21.7 Å². The number of rotatable bonds is 2. The summed E-state index contributed by atoms with van der Waals surface area (Å²) in [4.78, 5) is 18.1. The molecule has 0 saturated carbocycles. The predicted molar refractivity (Wildman–Crippen MR) is 71.5 cm³/mol. The molecule has 0 aliphatic carbocycles. The maximum absolute atomic E-state index is 9.81. The van der Waals surface area contributed by atoms with Crippen LogP contribution in [0.15, 0.2) is 36.4 Å². The minimum Gasteiger partial charge on any atom is -0.358 e. The Kier molecular flexibility index (Phi) is 30.8. The fourth-order valence-corrected chi connectivity index (χ4v) is 0.770. The molecule has 0 aromatic heterocycles. The Hall–Kier alpha value is -0.836. The van der Waals surface area contributed by atoms with Gasteiger partial charge >= 0.3 is 0 Å². The molecular weight excluding hydrogens is 293 g/mol. The van der Waals surface area contributed by atoms with Crippen LogP contribution >= 0.6 is 11.6 Å². The molecule has 0 atom stereocenters. The van der Waals surface area contributed by atoms with E-state index in [2.05, 4.69) is 0 Å².